The van der Waals surface area contributed by atoms with Gasteiger partial charge in [-0.15, -0.1) is 0 Å². The summed E-state index contributed by atoms with van der Waals surface area (Å²) in [5.41, 5.74) is 4.99. The van der Waals surface area contributed by atoms with Crippen LogP contribution in [0.5, 0.6) is 0 Å². The maximum atomic E-state index is 4.60. The summed E-state index contributed by atoms with van der Waals surface area (Å²) < 4.78 is 0. The fourth-order valence-corrected chi connectivity index (χ4v) is 3.25. The lowest BCUT2D eigenvalue weighted by Gasteiger charge is -2.23. The van der Waals surface area contributed by atoms with Crippen LogP contribution in [0.15, 0.2) is 6.07 Å². The zero-order valence-electron chi connectivity index (χ0n) is 13.7. The van der Waals surface area contributed by atoms with Crippen LogP contribution in [0, 0.1) is 20.8 Å². The smallest absolute Gasteiger partial charge is 0.0426 e. The van der Waals surface area contributed by atoms with E-state index in [-0.39, 0.29) is 0 Å². The topological polar surface area (TPSA) is 28.2 Å². The molecule has 0 radical (unpaired) electrons. The summed E-state index contributed by atoms with van der Waals surface area (Å²) in [6, 6.07) is 3.42. The molecule has 1 N–H and O–H groups in total. The molecule has 3 nitrogen and oxygen atoms in total. The lowest BCUT2D eigenvalue weighted by Crippen LogP contribution is -2.34. The molecule has 1 aliphatic rings. The van der Waals surface area contributed by atoms with E-state index in [9.17, 15) is 0 Å². The number of hydrogen-bond acceptors (Lipinski definition) is 3. The van der Waals surface area contributed by atoms with Gasteiger partial charge in [-0.2, -0.15) is 0 Å². The van der Waals surface area contributed by atoms with Crippen molar-refractivity contribution < 1.29 is 0 Å². The van der Waals surface area contributed by atoms with Crippen LogP contribution in [0.4, 0.5) is 0 Å². The van der Waals surface area contributed by atoms with Crippen LogP contribution >= 0.6 is 0 Å². The van der Waals surface area contributed by atoms with Crippen LogP contribution in [-0.2, 0) is 0 Å². The van der Waals surface area contributed by atoms with E-state index in [1.165, 1.54) is 30.5 Å². The SMILES string of the molecule is CCN(CCNC(C)c1c(C)cc(C)nc1C)C1CC1. The quantitative estimate of drug-likeness (QED) is 0.828. The molecule has 0 aliphatic heterocycles. The summed E-state index contributed by atoms with van der Waals surface area (Å²) in [6.45, 7) is 14.3. The molecular weight excluding hydrogens is 246 g/mol. The summed E-state index contributed by atoms with van der Waals surface area (Å²) in [4.78, 5) is 7.19. The maximum absolute atomic E-state index is 4.60. The van der Waals surface area contributed by atoms with Gasteiger partial charge in [0.1, 0.15) is 0 Å². The van der Waals surface area contributed by atoms with Crippen molar-refractivity contribution in [2.24, 2.45) is 0 Å². The lowest BCUT2D eigenvalue weighted by molar-refractivity contribution is 0.273. The highest BCUT2D eigenvalue weighted by Crippen LogP contribution is 2.26. The van der Waals surface area contributed by atoms with Gasteiger partial charge in [-0.1, -0.05) is 6.92 Å². The molecule has 1 aliphatic carbocycles. The number of aromatic nitrogens is 1. The highest BCUT2D eigenvalue weighted by atomic mass is 15.2. The maximum Gasteiger partial charge on any atom is 0.0426 e. The minimum absolute atomic E-state index is 0.376. The molecular formula is C17H29N3. The summed E-state index contributed by atoms with van der Waals surface area (Å²) in [5.74, 6) is 0. The third-order valence-electron chi connectivity index (χ3n) is 4.34. The Balaban J connectivity index is 1.89. The standard InChI is InChI=1S/C17H29N3/c1-6-20(16-7-8-16)10-9-18-14(4)17-12(2)11-13(3)19-15(17)5/h11,14,16,18H,6-10H2,1-5H3. The molecule has 1 aromatic rings. The molecule has 1 saturated carbocycles. The number of hydrogen-bond donors (Lipinski definition) is 1. The van der Waals surface area contributed by atoms with Gasteiger partial charge in [0.15, 0.2) is 0 Å². The molecule has 0 aromatic carbocycles. The van der Waals surface area contributed by atoms with Crippen LogP contribution < -0.4 is 5.32 Å². The molecule has 1 aromatic heterocycles. The fourth-order valence-electron chi connectivity index (χ4n) is 3.25. The summed E-state index contributed by atoms with van der Waals surface area (Å²) in [7, 11) is 0. The van der Waals surface area contributed by atoms with Crippen molar-refractivity contribution in [1.29, 1.82) is 0 Å². The molecule has 1 fully saturated rings. The molecule has 1 unspecified atom stereocenters. The number of nitrogens with zero attached hydrogens (tertiary/aromatic N) is 2. The van der Waals surface area contributed by atoms with Crippen LogP contribution in [0.2, 0.25) is 0 Å². The minimum Gasteiger partial charge on any atom is -0.309 e. The van der Waals surface area contributed by atoms with E-state index in [2.05, 4.69) is 55.9 Å². The molecule has 3 heteroatoms. The van der Waals surface area contributed by atoms with E-state index in [1.807, 2.05) is 0 Å². The van der Waals surface area contributed by atoms with Gasteiger partial charge >= 0.3 is 0 Å². The molecule has 0 amide bonds. The molecule has 0 saturated heterocycles. The van der Waals surface area contributed by atoms with E-state index in [0.717, 1.165) is 30.5 Å². The molecule has 0 spiro atoms. The summed E-state index contributed by atoms with van der Waals surface area (Å²) in [6.07, 6.45) is 2.78. The van der Waals surface area contributed by atoms with E-state index < -0.39 is 0 Å². The van der Waals surface area contributed by atoms with Gasteiger partial charge in [0.2, 0.25) is 0 Å². The fraction of sp³-hybridized carbons (Fsp3) is 0.706. The predicted octanol–water partition coefficient (Wildman–Crippen LogP) is 3.14. The second-order valence-corrected chi connectivity index (χ2v) is 6.12. The Morgan fingerprint density at radius 1 is 1.35 bits per heavy atom. The van der Waals surface area contributed by atoms with E-state index in [0.29, 0.717) is 6.04 Å². The van der Waals surface area contributed by atoms with Crippen LogP contribution in [0.25, 0.3) is 0 Å². The first kappa shape index (κ1) is 15.5. The Morgan fingerprint density at radius 3 is 2.60 bits per heavy atom. The van der Waals surface area contributed by atoms with Crippen molar-refractivity contribution in [1.82, 2.24) is 15.2 Å². The zero-order valence-corrected chi connectivity index (χ0v) is 13.7. The van der Waals surface area contributed by atoms with Crippen molar-refractivity contribution in [3.63, 3.8) is 0 Å². The Labute approximate surface area is 123 Å². The average Bonchev–Trinajstić information content (AvgIpc) is 3.17. The second kappa shape index (κ2) is 6.68. The summed E-state index contributed by atoms with van der Waals surface area (Å²) in [5, 5.41) is 3.67. The predicted molar refractivity (Wildman–Crippen MR) is 85.1 cm³/mol. The van der Waals surface area contributed by atoms with Crippen molar-refractivity contribution in [3.8, 4) is 0 Å². The van der Waals surface area contributed by atoms with Gasteiger partial charge in [0, 0.05) is 36.6 Å². The van der Waals surface area contributed by atoms with Crippen LogP contribution in [-0.4, -0.2) is 35.6 Å². The molecule has 1 heterocycles. The number of likely N-dealkylation sites (N-methyl/N-ethyl adjacent to an activating group) is 1. The Bertz CT molecular complexity index is 429. The van der Waals surface area contributed by atoms with Gasteiger partial charge in [-0.05, 0) is 64.3 Å². The second-order valence-electron chi connectivity index (χ2n) is 6.12. The van der Waals surface area contributed by atoms with Gasteiger partial charge < -0.3 is 5.32 Å². The van der Waals surface area contributed by atoms with Gasteiger partial charge in [-0.25, -0.2) is 0 Å². The molecule has 20 heavy (non-hydrogen) atoms. The third-order valence-corrected chi connectivity index (χ3v) is 4.34. The monoisotopic (exact) mass is 275 g/mol. The zero-order chi connectivity index (χ0) is 14.7. The summed E-state index contributed by atoms with van der Waals surface area (Å²) >= 11 is 0. The number of nitrogens with one attached hydrogen (secondary N) is 1. The Morgan fingerprint density at radius 2 is 2.05 bits per heavy atom. The largest absolute Gasteiger partial charge is 0.309 e. The number of aryl methyl sites for hydroxylation is 3. The first-order chi connectivity index (χ1) is 9.52. The van der Waals surface area contributed by atoms with E-state index in [1.54, 1.807) is 0 Å². The highest BCUT2D eigenvalue weighted by Gasteiger charge is 2.27. The van der Waals surface area contributed by atoms with Crippen molar-refractivity contribution in [2.75, 3.05) is 19.6 Å². The van der Waals surface area contributed by atoms with Gasteiger partial charge in [0.25, 0.3) is 0 Å². The van der Waals surface area contributed by atoms with Crippen molar-refractivity contribution in [2.45, 2.75) is 59.5 Å². The average molecular weight is 275 g/mol. The van der Waals surface area contributed by atoms with Crippen LogP contribution in [0.1, 0.15) is 55.2 Å². The first-order valence-electron chi connectivity index (χ1n) is 7.95. The van der Waals surface area contributed by atoms with Crippen molar-refractivity contribution >= 4 is 0 Å². The lowest BCUT2D eigenvalue weighted by atomic mass is 10.0. The first-order valence-corrected chi connectivity index (χ1v) is 7.95. The van der Waals surface area contributed by atoms with E-state index in [4.69, 9.17) is 0 Å². The number of pyridine rings is 1. The molecule has 0 bridgehead atoms. The Hall–Kier alpha value is -0.930. The van der Waals surface area contributed by atoms with Crippen molar-refractivity contribution in [3.05, 3.63) is 28.6 Å². The number of rotatable bonds is 7. The minimum atomic E-state index is 0.376. The van der Waals surface area contributed by atoms with Crippen LogP contribution in [0.3, 0.4) is 0 Å². The van der Waals surface area contributed by atoms with Gasteiger partial charge in [0.05, 0.1) is 0 Å². The normalized spacial score (nSPS) is 16.7. The Kier molecular flexibility index (Phi) is 5.17. The molecule has 1 atom stereocenters. The third kappa shape index (κ3) is 3.80. The highest BCUT2D eigenvalue weighted by molar-refractivity contribution is 5.33. The van der Waals surface area contributed by atoms with E-state index >= 15 is 0 Å². The molecule has 2 rings (SSSR count). The van der Waals surface area contributed by atoms with Gasteiger partial charge in [-0.3, -0.25) is 9.88 Å². The molecule has 112 valence electrons.